The van der Waals surface area contributed by atoms with E-state index in [9.17, 15) is 5.11 Å². The monoisotopic (exact) mass is 339 g/mol. The lowest BCUT2D eigenvalue weighted by molar-refractivity contribution is 0.207. The van der Waals surface area contributed by atoms with E-state index in [1.807, 2.05) is 30.7 Å². The van der Waals surface area contributed by atoms with E-state index in [0.717, 1.165) is 20.4 Å². The molecule has 17 heavy (non-hydrogen) atoms. The van der Waals surface area contributed by atoms with Gasteiger partial charge in [0.1, 0.15) is 6.10 Å². The molecule has 1 heterocycles. The number of rotatable bonds is 2. The molecule has 3 heteroatoms. The maximum atomic E-state index is 10.3. The van der Waals surface area contributed by atoms with Crippen molar-refractivity contribution in [2.24, 2.45) is 7.05 Å². The summed E-state index contributed by atoms with van der Waals surface area (Å²) in [6, 6.07) is 8.14. The molecule has 0 radical (unpaired) electrons. The normalized spacial score (nSPS) is 12.5. The third kappa shape index (κ3) is 1.95. The highest BCUT2D eigenvalue weighted by molar-refractivity contribution is 14.1. The quantitative estimate of drug-likeness (QED) is 0.657. The van der Waals surface area contributed by atoms with E-state index in [2.05, 4.69) is 47.0 Å². The summed E-state index contributed by atoms with van der Waals surface area (Å²) in [5.74, 6) is 0. The van der Waals surface area contributed by atoms with Crippen LogP contribution >= 0.6 is 22.6 Å². The van der Waals surface area contributed by atoms with Gasteiger partial charge in [0.15, 0.2) is 0 Å². The van der Waals surface area contributed by atoms with Crippen molar-refractivity contribution in [2.75, 3.05) is 0 Å². The van der Waals surface area contributed by atoms with Gasteiger partial charge in [0, 0.05) is 27.1 Å². The van der Waals surface area contributed by atoms with Crippen molar-refractivity contribution in [3.8, 4) is 0 Å². The molecule has 88 valence electrons. The van der Waals surface area contributed by atoms with Crippen molar-refractivity contribution < 1.29 is 5.11 Å². The Balaban J connectivity index is 2.74. The molecule has 1 atom stereocenters. The lowest BCUT2D eigenvalue weighted by atomic mass is 10.1. The van der Waals surface area contributed by atoms with Crippen molar-refractivity contribution >= 4 is 33.5 Å². The molecule has 1 unspecified atom stereocenters. The lowest BCUT2D eigenvalue weighted by Crippen LogP contribution is -2.06. The fourth-order valence-electron chi connectivity index (χ4n) is 1.97. The van der Waals surface area contributed by atoms with Crippen molar-refractivity contribution in [3.05, 3.63) is 51.4 Å². The number of benzene rings is 1. The van der Waals surface area contributed by atoms with Gasteiger partial charge in [0.2, 0.25) is 0 Å². The first-order valence-electron chi connectivity index (χ1n) is 5.35. The molecule has 0 bridgehead atoms. The van der Waals surface area contributed by atoms with Gasteiger partial charge in [-0.15, -0.1) is 5.73 Å². The number of aliphatic hydroxyl groups excluding tert-OH is 1. The molecular weight excluding hydrogens is 325 g/mol. The summed E-state index contributed by atoms with van der Waals surface area (Å²) in [5, 5.41) is 11.5. The van der Waals surface area contributed by atoms with E-state index in [1.54, 1.807) is 0 Å². The highest BCUT2D eigenvalue weighted by atomic mass is 127. The highest BCUT2D eigenvalue weighted by Crippen LogP contribution is 2.33. The first-order chi connectivity index (χ1) is 8.07. The number of aryl methyl sites for hydroxylation is 1. The van der Waals surface area contributed by atoms with E-state index in [4.69, 9.17) is 0 Å². The van der Waals surface area contributed by atoms with E-state index in [0.29, 0.717) is 0 Å². The molecule has 0 aliphatic rings. The van der Waals surface area contributed by atoms with Crippen molar-refractivity contribution in [1.82, 2.24) is 4.57 Å². The Morgan fingerprint density at radius 2 is 2.12 bits per heavy atom. The minimum atomic E-state index is -0.642. The molecule has 0 spiro atoms. The minimum absolute atomic E-state index is 0.642. The molecule has 0 amide bonds. The fraction of sp³-hybridized carbons (Fsp3) is 0.214. The van der Waals surface area contributed by atoms with Crippen LogP contribution in [0.25, 0.3) is 10.9 Å². The Labute approximate surface area is 114 Å². The largest absolute Gasteiger partial charge is 0.382 e. The summed E-state index contributed by atoms with van der Waals surface area (Å²) in [7, 11) is 1.97. The van der Waals surface area contributed by atoms with Crippen LogP contribution in [0.2, 0.25) is 0 Å². The van der Waals surface area contributed by atoms with Gasteiger partial charge in [-0.25, -0.2) is 0 Å². The van der Waals surface area contributed by atoms with Crippen LogP contribution in [0.15, 0.2) is 42.1 Å². The fourth-order valence-corrected chi connectivity index (χ4v) is 3.08. The van der Waals surface area contributed by atoms with Crippen LogP contribution in [-0.4, -0.2) is 9.67 Å². The molecule has 0 saturated carbocycles. The molecule has 1 N–H and O–H groups in total. The predicted octanol–water partition coefficient (Wildman–Crippen LogP) is 3.55. The molecule has 0 aliphatic heterocycles. The molecule has 2 rings (SSSR count). The van der Waals surface area contributed by atoms with Crippen LogP contribution < -0.4 is 0 Å². The van der Waals surface area contributed by atoms with Crippen molar-refractivity contribution in [1.29, 1.82) is 0 Å². The first kappa shape index (κ1) is 12.4. The Bertz CT molecular complexity index is 581. The topological polar surface area (TPSA) is 25.2 Å². The van der Waals surface area contributed by atoms with E-state index in [-0.39, 0.29) is 0 Å². The number of hydrogen-bond donors (Lipinski definition) is 1. The zero-order chi connectivity index (χ0) is 12.6. The number of aliphatic hydroxyl groups is 1. The van der Waals surface area contributed by atoms with Gasteiger partial charge in [-0.3, -0.25) is 0 Å². The van der Waals surface area contributed by atoms with Crippen LogP contribution in [0.4, 0.5) is 0 Å². The Morgan fingerprint density at radius 3 is 2.71 bits per heavy atom. The maximum Gasteiger partial charge on any atom is 0.123 e. The zero-order valence-corrected chi connectivity index (χ0v) is 12.0. The number of halogens is 1. The number of nitrogens with zero attached hydrogens (tertiary/aromatic N) is 1. The Hall–Kier alpha value is -1.03. The maximum absolute atomic E-state index is 10.3. The minimum Gasteiger partial charge on any atom is -0.382 e. The molecular formula is C14H14INO. The van der Waals surface area contributed by atoms with Gasteiger partial charge < -0.3 is 9.67 Å². The second-order valence-electron chi connectivity index (χ2n) is 4.04. The lowest BCUT2D eigenvalue weighted by Gasteiger charge is -2.12. The van der Waals surface area contributed by atoms with Crippen molar-refractivity contribution in [3.63, 3.8) is 0 Å². The van der Waals surface area contributed by atoms with Gasteiger partial charge in [-0.05, 0) is 35.6 Å². The second kappa shape index (κ2) is 4.69. The molecule has 0 fully saturated rings. The number of para-hydroxylation sites is 1. The smallest absolute Gasteiger partial charge is 0.123 e. The summed E-state index contributed by atoms with van der Waals surface area (Å²) < 4.78 is 3.12. The van der Waals surface area contributed by atoms with Crippen LogP contribution in [0.1, 0.15) is 18.7 Å². The van der Waals surface area contributed by atoms with Gasteiger partial charge in [-0.2, -0.15) is 0 Å². The standard InChI is InChI=1S/C14H14INO/c1-4-9(2)14(17)13-12(15)10-7-5-6-8-11(10)16(13)3/h5-8,14,17H,1H2,2-3H3. The van der Waals surface area contributed by atoms with Crippen molar-refractivity contribution in [2.45, 2.75) is 13.0 Å². The molecule has 1 aromatic heterocycles. The van der Waals surface area contributed by atoms with E-state index < -0.39 is 6.10 Å². The average Bonchev–Trinajstić information content (AvgIpc) is 2.61. The SMILES string of the molecule is C=C=C(C)C(O)c1c(I)c2ccccc2n1C. The molecule has 0 aliphatic carbocycles. The summed E-state index contributed by atoms with van der Waals surface area (Å²) >= 11 is 2.28. The van der Waals surface area contributed by atoms with Crippen LogP contribution in [0, 0.1) is 3.57 Å². The van der Waals surface area contributed by atoms with Crippen LogP contribution in [0.3, 0.4) is 0 Å². The first-order valence-corrected chi connectivity index (χ1v) is 6.43. The van der Waals surface area contributed by atoms with Gasteiger partial charge in [0.25, 0.3) is 0 Å². The summed E-state index contributed by atoms with van der Waals surface area (Å²) in [6.07, 6.45) is -0.642. The van der Waals surface area contributed by atoms with Gasteiger partial charge >= 0.3 is 0 Å². The third-order valence-electron chi connectivity index (χ3n) is 3.04. The summed E-state index contributed by atoms with van der Waals surface area (Å²) in [6.45, 7) is 5.43. The average molecular weight is 339 g/mol. The molecule has 2 nitrogen and oxygen atoms in total. The molecule has 0 saturated heterocycles. The Morgan fingerprint density at radius 1 is 1.47 bits per heavy atom. The number of hydrogen-bond acceptors (Lipinski definition) is 1. The molecule has 2 aromatic rings. The van der Waals surface area contributed by atoms with E-state index >= 15 is 0 Å². The van der Waals surface area contributed by atoms with Crippen LogP contribution in [0.5, 0.6) is 0 Å². The second-order valence-corrected chi connectivity index (χ2v) is 5.12. The van der Waals surface area contributed by atoms with Gasteiger partial charge in [0.05, 0.1) is 5.69 Å². The predicted molar refractivity (Wildman–Crippen MR) is 78.9 cm³/mol. The third-order valence-corrected chi connectivity index (χ3v) is 4.17. The van der Waals surface area contributed by atoms with Gasteiger partial charge in [-0.1, -0.05) is 24.8 Å². The summed E-state index contributed by atoms with van der Waals surface area (Å²) in [4.78, 5) is 0. The Kier molecular flexibility index (Phi) is 3.43. The van der Waals surface area contributed by atoms with Crippen LogP contribution in [-0.2, 0) is 7.05 Å². The number of fused-ring (bicyclic) bond motifs is 1. The molecule has 1 aromatic carbocycles. The number of aromatic nitrogens is 1. The summed E-state index contributed by atoms with van der Waals surface area (Å²) in [5.41, 5.74) is 5.54. The zero-order valence-electron chi connectivity index (χ0n) is 9.87. The highest BCUT2D eigenvalue weighted by Gasteiger charge is 2.20. The van der Waals surface area contributed by atoms with E-state index in [1.165, 1.54) is 5.39 Å².